The third-order valence-corrected chi connectivity index (χ3v) is 3.34. The lowest BCUT2D eigenvalue weighted by Crippen LogP contribution is -2.12. The van der Waals surface area contributed by atoms with Gasteiger partial charge in [0.2, 0.25) is 0 Å². The van der Waals surface area contributed by atoms with E-state index < -0.39 is 5.97 Å². The van der Waals surface area contributed by atoms with Crippen LogP contribution in [0.4, 0.5) is 0 Å². The molecule has 0 spiro atoms. The molecule has 0 N–H and O–H groups in total. The molecule has 0 amide bonds. The molecule has 0 atom stereocenters. The Morgan fingerprint density at radius 3 is 2.12 bits per heavy atom. The average molecular weight is 340 g/mol. The second kappa shape index (κ2) is 9.27. The van der Waals surface area contributed by atoms with Gasteiger partial charge in [0, 0.05) is 5.56 Å². The number of ketones is 1. The van der Waals surface area contributed by atoms with E-state index in [0.717, 1.165) is 11.3 Å². The molecule has 2 rings (SSSR count). The number of benzene rings is 2. The Hall–Kier alpha value is -3.08. The van der Waals surface area contributed by atoms with Crippen molar-refractivity contribution in [2.75, 3.05) is 20.3 Å². The predicted octanol–water partition coefficient (Wildman–Crippen LogP) is 3.53. The van der Waals surface area contributed by atoms with Crippen molar-refractivity contribution >= 4 is 17.8 Å². The van der Waals surface area contributed by atoms with Gasteiger partial charge in [-0.15, -0.1) is 0 Å². The van der Waals surface area contributed by atoms with Crippen molar-refractivity contribution in [2.45, 2.75) is 6.92 Å². The molecular weight excluding hydrogens is 320 g/mol. The molecule has 5 heteroatoms. The zero-order valence-corrected chi connectivity index (χ0v) is 14.2. The normalized spacial score (nSPS) is 10.5. The topological polar surface area (TPSA) is 61.8 Å². The molecule has 0 aliphatic rings. The van der Waals surface area contributed by atoms with Crippen LogP contribution >= 0.6 is 0 Å². The molecule has 0 heterocycles. The molecule has 0 aliphatic carbocycles. The van der Waals surface area contributed by atoms with Gasteiger partial charge in [0.05, 0.1) is 13.7 Å². The summed E-state index contributed by atoms with van der Waals surface area (Å²) in [5.41, 5.74) is 1.45. The summed E-state index contributed by atoms with van der Waals surface area (Å²) in [6.45, 7) is 2.38. The van der Waals surface area contributed by atoms with Gasteiger partial charge >= 0.3 is 5.97 Å². The molecule has 2 aromatic carbocycles. The molecule has 2 aromatic rings. The summed E-state index contributed by atoms with van der Waals surface area (Å²) in [4.78, 5) is 23.2. The smallest absolute Gasteiger partial charge is 0.343 e. The first-order valence-electron chi connectivity index (χ1n) is 7.87. The minimum absolute atomic E-state index is 0.117. The van der Waals surface area contributed by atoms with Crippen LogP contribution in [0, 0.1) is 0 Å². The lowest BCUT2D eigenvalue weighted by atomic mass is 10.1. The van der Waals surface area contributed by atoms with Crippen LogP contribution in [-0.2, 0) is 9.53 Å². The summed E-state index contributed by atoms with van der Waals surface area (Å²) in [6.07, 6.45) is 3.26. The van der Waals surface area contributed by atoms with Gasteiger partial charge < -0.3 is 14.2 Å². The highest BCUT2D eigenvalue weighted by molar-refractivity contribution is 6.06. The largest absolute Gasteiger partial charge is 0.494 e. The molecule has 130 valence electrons. The molecule has 5 nitrogen and oxygen atoms in total. The van der Waals surface area contributed by atoms with Crippen molar-refractivity contribution < 1.29 is 23.8 Å². The van der Waals surface area contributed by atoms with Crippen LogP contribution in [-0.4, -0.2) is 32.1 Å². The fraction of sp³-hybridized carbons (Fsp3) is 0.200. The van der Waals surface area contributed by atoms with E-state index in [0.29, 0.717) is 17.9 Å². The van der Waals surface area contributed by atoms with Crippen LogP contribution in [0.25, 0.3) is 6.08 Å². The summed E-state index contributed by atoms with van der Waals surface area (Å²) >= 11 is 0. The fourth-order valence-electron chi connectivity index (χ4n) is 2.03. The minimum atomic E-state index is -0.460. The molecule has 0 aromatic heterocycles. The number of hydrogen-bond donors (Lipinski definition) is 0. The SMILES string of the molecule is CCOc1ccc(C=CC(=O)c2ccc(OCC(=O)OC)cc2)cc1. The van der Waals surface area contributed by atoms with Gasteiger partial charge in [-0.1, -0.05) is 18.2 Å². The van der Waals surface area contributed by atoms with E-state index in [1.54, 1.807) is 30.3 Å². The Balaban J connectivity index is 1.94. The fourth-order valence-corrected chi connectivity index (χ4v) is 2.03. The molecule has 25 heavy (non-hydrogen) atoms. The third-order valence-electron chi connectivity index (χ3n) is 3.34. The van der Waals surface area contributed by atoms with Crippen LogP contribution in [0.5, 0.6) is 11.5 Å². The van der Waals surface area contributed by atoms with E-state index >= 15 is 0 Å². The van der Waals surface area contributed by atoms with Crippen molar-refractivity contribution in [3.8, 4) is 11.5 Å². The number of carbonyl (C=O) groups excluding carboxylic acids is 2. The van der Waals surface area contributed by atoms with E-state index in [-0.39, 0.29) is 12.4 Å². The number of ether oxygens (including phenoxy) is 3. The van der Waals surface area contributed by atoms with E-state index in [9.17, 15) is 9.59 Å². The van der Waals surface area contributed by atoms with Crippen molar-refractivity contribution in [1.82, 2.24) is 0 Å². The minimum Gasteiger partial charge on any atom is -0.494 e. The van der Waals surface area contributed by atoms with Gasteiger partial charge in [0.25, 0.3) is 0 Å². The Kier molecular flexibility index (Phi) is 6.77. The summed E-state index contributed by atoms with van der Waals surface area (Å²) in [7, 11) is 1.30. The van der Waals surface area contributed by atoms with E-state index in [1.165, 1.54) is 13.2 Å². The van der Waals surface area contributed by atoms with Gasteiger partial charge in [0.15, 0.2) is 12.4 Å². The lowest BCUT2D eigenvalue weighted by Gasteiger charge is -2.05. The number of allylic oxidation sites excluding steroid dienone is 1. The highest BCUT2D eigenvalue weighted by Gasteiger charge is 2.04. The summed E-state index contributed by atoms with van der Waals surface area (Å²) in [5, 5.41) is 0. The van der Waals surface area contributed by atoms with Gasteiger partial charge in [-0.25, -0.2) is 4.79 Å². The number of esters is 1. The molecular formula is C20H20O5. The number of hydrogen-bond acceptors (Lipinski definition) is 5. The molecule has 0 saturated carbocycles. The van der Waals surface area contributed by atoms with Crippen molar-refractivity contribution in [3.05, 3.63) is 65.7 Å². The first-order chi connectivity index (χ1) is 12.1. The van der Waals surface area contributed by atoms with Gasteiger partial charge in [-0.3, -0.25) is 4.79 Å². The number of rotatable bonds is 8. The second-order valence-corrected chi connectivity index (χ2v) is 5.09. The van der Waals surface area contributed by atoms with Crippen LogP contribution in [0.1, 0.15) is 22.8 Å². The van der Waals surface area contributed by atoms with Gasteiger partial charge in [0.1, 0.15) is 11.5 Å². The van der Waals surface area contributed by atoms with E-state index in [4.69, 9.17) is 9.47 Å². The maximum absolute atomic E-state index is 12.2. The third kappa shape index (κ3) is 5.80. The summed E-state index contributed by atoms with van der Waals surface area (Å²) < 4.78 is 15.1. The highest BCUT2D eigenvalue weighted by atomic mass is 16.6. The van der Waals surface area contributed by atoms with Gasteiger partial charge in [-0.05, 0) is 55.0 Å². The first kappa shape index (κ1) is 18.3. The molecule has 0 fully saturated rings. The first-order valence-corrected chi connectivity index (χ1v) is 7.87. The van der Waals surface area contributed by atoms with Gasteiger partial charge in [-0.2, -0.15) is 0 Å². The Morgan fingerprint density at radius 2 is 1.52 bits per heavy atom. The second-order valence-electron chi connectivity index (χ2n) is 5.09. The monoisotopic (exact) mass is 340 g/mol. The summed E-state index contributed by atoms with van der Waals surface area (Å²) in [5.74, 6) is 0.720. The highest BCUT2D eigenvalue weighted by Crippen LogP contribution is 2.15. The van der Waals surface area contributed by atoms with Crippen LogP contribution in [0.15, 0.2) is 54.6 Å². The van der Waals surface area contributed by atoms with Crippen molar-refractivity contribution in [2.24, 2.45) is 0 Å². The molecule has 0 saturated heterocycles. The standard InChI is InChI=1S/C20H20O5/c1-3-24-17-9-4-15(5-10-17)6-13-19(21)16-7-11-18(12-8-16)25-14-20(22)23-2/h4-13H,3,14H2,1-2H3. The quantitative estimate of drug-likeness (QED) is 0.418. The van der Waals surface area contributed by atoms with Crippen LogP contribution in [0.3, 0.4) is 0 Å². The molecule has 0 unspecified atom stereocenters. The maximum atomic E-state index is 12.2. The van der Waals surface area contributed by atoms with Crippen molar-refractivity contribution in [3.63, 3.8) is 0 Å². The van der Waals surface area contributed by atoms with Crippen molar-refractivity contribution in [1.29, 1.82) is 0 Å². The maximum Gasteiger partial charge on any atom is 0.343 e. The lowest BCUT2D eigenvalue weighted by molar-refractivity contribution is -0.142. The molecule has 0 radical (unpaired) electrons. The molecule has 0 aliphatic heterocycles. The summed E-state index contributed by atoms with van der Waals surface area (Å²) in [6, 6.07) is 14.1. The average Bonchev–Trinajstić information content (AvgIpc) is 2.66. The zero-order valence-electron chi connectivity index (χ0n) is 14.2. The molecule has 0 bridgehead atoms. The number of methoxy groups -OCH3 is 1. The van der Waals surface area contributed by atoms with Crippen LogP contribution in [0.2, 0.25) is 0 Å². The van der Waals surface area contributed by atoms with E-state index in [2.05, 4.69) is 4.74 Å². The zero-order chi connectivity index (χ0) is 18.1. The predicted molar refractivity (Wildman–Crippen MR) is 94.9 cm³/mol. The Bertz CT molecular complexity index is 730. The number of carbonyl (C=O) groups is 2. The van der Waals surface area contributed by atoms with E-state index in [1.807, 2.05) is 31.2 Å². The van der Waals surface area contributed by atoms with Crippen LogP contribution < -0.4 is 9.47 Å². The Morgan fingerprint density at radius 1 is 0.920 bits per heavy atom. The Labute approximate surface area is 146 Å².